The van der Waals surface area contributed by atoms with Gasteiger partial charge < -0.3 is 5.11 Å². The van der Waals surface area contributed by atoms with Crippen LogP contribution in [-0.2, 0) is 11.3 Å². The second kappa shape index (κ2) is 5.79. The summed E-state index contributed by atoms with van der Waals surface area (Å²) < 4.78 is 40.6. The fourth-order valence-electron chi connectivity index (χ4n) is 2.40. The first-order chi connectivity index (χ1) is 10.5. The minimum atomic E-state index is -4.99. The lowest BCUT2D eigenvalue weighted by molar-refractivity contribution is -0.302. The summed E-state index contributed by atoms with van der Waals surface area (Å²) in [6.45, 7) is 4.74. The van der Waals surface area contributed by atoms with Gasteiger partial charge in [-0.3, -0.25) is 9.48 Å². The van der Waals surface area contributed by atoms with Crippen molar-refractivity contribution < 1.29 is 23.1 Å². The summed E-state index contributed by atoms with van der Waals surface area (Å²) in [4.78, 5) is 12.1. The first-order valence-electron chi connectivity index (χ1n) is 6.83. The number of rotatable bonds is 3. The SMILES string of the molecule is CC1=NN(C(=O)CCn2nc(C)c(Cl)c2C)[C@](O)(C(F)(F)F)C1. The van der Waals surface area contributed by atoms with E-state index in [1.54, 1.807) is 13.8 Å². The number of hydrazone groups is 1. The van der Waals surface area contributed by atoms with Gasteiger partial charge >= 0.3 is 6.18 Å². The molecule has 1 aromatic rings. The summed E-state index contributed by atoms with van der Waals surface area (Å²) in [5.41, 5.74) is -2.07. The van der Waals surface area contributed by atoms with E-state index in [1.165, 1.54) is 11.6 Å². The molecule has 0 aromatic carbocycles. The summed E-state index contributed by atoms with van der Waals surface area (Å²) in [6, 6.07) is 0. The molecule has 0 aliphatic carbocycles. The van der Waals surface area contributed by atoms with Crippen molar-refractivity contribution in [1.82, 2.24) is 14.8 Å². The Morgan fingerprint density at radius 2 is 2.00 bits per heavy atom. The van der Waals surface area contributed by atoms with Crippen molar-refractivity contribution >= 4 is 23.2 Å². The molecule has 0 spiro atoms. The molecule has 1 aliphatic heterocycles. The van der Waals surface area contributed by atoms with E-state index in [0.717, 1.165) is 0 Å². The van der Waals surface area contributed by atoms with Crippen LogP contribution in [0, 0.1) is 13.8 Å². The van der Waals surface area contributed by atoms with Gasteiger partial charge in [0.15, 0.2) is 0 Å². The zero-order valence-corrected chi connectivity index (χ0v) is 13.5. The predicted octanol–water partition coefficient (Wildman–Crippen LogP) is 2.40. The van der Waals surface area contributed by atoms with Crippen LogP contribution in [0.1, 0.15) is 31.2 Å². The summed E-state index contributed by atoms with van der Waals surface area (Å²) in [6.07, 6.45) is -6.05. The van der Waals surface area contributed by atoms with Crippen LogP contribution >= 0.6 is 11.6 Å². The zero-order chi connectivity index (χ0) is 17.6. The van der Waals surface area contributed by atoms with Crippen molar-refractivity contribution in [2.75, 3.05) is 0 Å². The molecule has 6 nitrogen and oxygen atoms in total. The number of aromatic nitrogens is 2. The average Bonchev–Trinajstić information content (AvgIpc) is 2.88. The Morgan fingerprint density at radius 1 is 1.39 bits per heavy atom. The van der Waals surface area contributed by atoms with E-state index in [9.17, 15) is 23.1 Å². The van der Waals surface area contributed by atoms with E-state index >= 15 is 0 Å². The number of hydrogen-bond acceptors (Lipinski definition) is 4. The fourth-order valence-corrected chi connectivity index (χ4v) is 2.54. The standard InChI is InChI=1S/C13H16ClF3N4O2/c1-7-6-12(23,13(15,16)17)21(18-7)10(22)4-5-20-9(3)11(14)8(2)19-20/h23H,4-6H2,1-3H3/t12-/m1/s1. The lowest BCUT2D eigenvalue weighted by atomic mass is 10.1. The number of hydrogen-bond donors (Lipinski definition) is 1. The molecule has 10 heteroatoms. The van der Waals surface area contributed by atoms with Crippen molar-refractivity contribution in [1.29, 1.82) is 0 Å². The second-order valence-electron chi connectivity index (χ2n) is 5.49. The Balaban J connectivity index is 2.15. The van der Waals surface area contributed by atoms with Gasteiger partial charge in [0.1, 0.15) is 0 Å². The van der Waals surface area contributed by atoms with Crippen LogP contribution in [0.25, 0.3) is 0 Å². The highest BCUT2D eigenvalue weighted by Crippen LogP contribution is 2.40. The summed E-state index contributed by atoms with van der Waals surface area (Å²) in [5, 5.41) is 18.1. The van der Waals surface area contributed by atoms with Crippen molar-refractivity contribution in [2.45, 2.75) is 52.1 Å². The van der Waals surface area contributed by atoms with Gasteiger partial charge in [-0.1, -0.05) is 11.6 Å². The zero-order valence-electron chi connectivity index (χ0n) is 12.8. The molecule has 0 radical (unpaired) electrons. The van der Waals surface area contributed by atoms with E-state index in [4.69, 9.17) is 11.6 Å². The highest BCUT2D eigenvalue weighted by atomic mass is 35.5. The van der Waals surface area contributed by atoms with Crippen molar-refractivity contribution in [3.63, 3.8) is 0 Å². The second-order valence-corrected chi connectivity index (χ2v) is 5.87. The molecule has 1 amide bonds. The molecular formula is C13H16ClF3N4O2. The van der Waals surface area contributed by atoms with Gasteiger partial charge in [0.25, 0.3) is 5.72 Å². The molecule has 1 aliphatic rings. The number of nitrogens with zero attached hydrogens (tertiary/aromatic N) is 4. The Labute approximate surface area is 135 Å². The Bertz CT molecular complexity index is 671. The van der Waals surface area contributed by atoms with Gasteiger partial charge in [0.2, 0.25) is 5.91 Å². The number of carbonyl (C=O) groups excluding carboxylic acids is 1. The number of aryl methyl sites for hydroxylation is 2. The third kappa shape index (κ3) is 3.07. The van der Waals surface area contributed by atoms with Crippen LogP contribution < -0.4 is 0 Å². The fraction of sp³-hybridized carbons (Fsp3) is 0.615. The van der Waals surface area contributed by atoms with E-state index < -0.39 is 24.2 Å². The first kappa shape index (κ1) is 17.7. The smallest absolute Gasteiger partial charge is 0.362 e. The largest absolute Gasteiger partial charge is 0.438 e. The highest BCUT2D eigenvalue weighted by Gasteiger charge is 2.62. The quantitative estimate of drug-likeness (QED) is 0.908. The average molecular weight is 353 g/mol. The van der Waals surface area contributed by atoms with Crippen molar-refractivity contribution in [3.05, 3.63) is 16.4 Å². The summed E-state index contributed by atoms with van der Waals surface area (Å²) >= 11 is 5.98. The van der Waals surface area contributed by atoms with Crippen LogP contribution in [0.2, 0.25) is 5.02 Å². The molecule has 1 aromatic heterocycles. The first-order valence-corrected chi connectivity index (χ1v) is 7.21. The Hall–Kier alpha value is -1.61. The third-order valence-corrected chi connectivity index (χ3v) is 4.19. The van der Waals surface area contributed by atoms with Crippen LogP contribution in [0.3, 0.4) is 0 Å². The molecule has 1 atom stereocenters. The Kier molecular flexibility index (Phi) is 4.46. The maximum absolute atomic E-state index is 13.1. The summed E-state index contributed by atoms with van der Waals surface area (Å²) in [5.74, 6) is -0.939. The van der Waals surface area contributed by atoms with Gasteiger partial charge in [0.05, 0.1) is 23.0 Å². The minimum Gasteiger partial charge on any atom is -0.362 e. The van der Waals surface area contributed by atoms with Crippen LogP contribution in [0.5, 0.6) is 0 Å². The molecular weight excluding hydrogens is 337 g/mol. The molecule has 2 rings (SSSR count). The van der Waals surface area contributed by atoms with Gasteiger partial charge in [-0.15, -0.1) is 0 Å². The molecule has 0 fully saturated rings. The number of amides is 1. The molecule has 2 heterocycles. The maximum atomic E-state index is 13.1. The lowest BCUT2D eigenvalue weighted by Gasteiger charge is -2.32. The van der Waals surface area contributed by atoms with Crippen LogP contribution in [-0.4, -0.2) is 43.4 Å². The van der Waals surface area contributed by atoms with Gasteiger partial charge in [-0.25, -0.2) is 0 Å². The van der Waals surface area contributed by atoms with E-state index in [2.05, 4.69) is 10.2 Å². The van der Waals surface area contributed by atoms with E-state index in [0.29, 0.717) is 16.4 Å². The van der Waals surface area contributed by atoms with Gasteiger partial charge in [0, 0.05) is 18.6 Å². The third-order valence-electron chi connectivity index (χ3n) is 3.64. The lowest BCUT2D eigenvalue weighted by Crippen LogP contribution is -2.56. The minimum absolute atomic E-state index is 0.0346. The maximum Gasteiger partial charge on any atom is 0.438 e. The molecule has 1 N–H and O–H groups in total. The van der Waals surface area contributed by atoms with E-state index in [-0.39, 0.29) is 23.7 Å². The monoisotopic (exact) mass is 352 g/mol. The molecule has 0 bridgehead atoms. The number of halogens is 4. The van der Waals surface area contributed by atoms with Crippen LogP contribution in [0.4, 0.5) is 13.2 Å². The molecule has 0 saturated carbocycles. The predicted molar refractivity (Wildman–Crippen MR) is 76.9 cm³/mol. The topological polar surface area (TPSA) is 70.7 Å². The van der Waals surface area contributed by atoms with Crippen LogP contribution in [0.15, 0.2) is 5.10 Å². The molecule has 23 heavy (non-hydrogen) atoms. The highest BCUT2D eigenvalue weighted by molar-refractivity contribution is 6.31. The summed E-state index contributed by atoms with van der Waals surface area (Å²) in [7, 11) is 0. The molecule has 128 valence electrons. The number of aliphatic hydroxyl groups is 1. The van der Waals surface area contributed by atoms with Crippen molar-refractivity contribution in [3.8, 4) is 0 Å². The van der Waals surface area contributed by atoms with Crippen molar-refractivity contribution in [2.24, 2.45) is 5.10 Å². The number of alkyl halides is 3. The number of carbonyl (C=O) groups is 1. The Morgan fingerprint density at radius 3 is 2.48 bits per heavy atom. The van der Waals surface area contributed by atoms with E-state index in [1.807, 2.05) is 0 Å². The van der Waals surface area contributed by atoms with Gasteiger partial charge in [-0.05, 0) is 20.8 Å². The normalized spacial score (nSPS) is 21.7. The van der Waals surface area contributed by atoms with Gasteiger partial charge in [-0.2, -0.15) is 28.4 Å². The molecule has 0 saturated heterocycles. The molecule has 0 unspecified atom stereocenters.